The fourth-order valence-corrected chi connectivity index (χ4v) is 2.12. The SMILES string of the molecule is CCC(N)Cc1cccc(Cl)c1Oc1ccc(C)nc1. The molecule has 1 atom stereocenters. The summed E-state index contributed by atoms with van der Waals surface area (Å²) in [6.07, 6.45) is 3.35. The molecule has 0 bridgehead atoms. The van der Waals surface area contributed by atoms with Gasteiger partial charge in [-0.15, -0.1) is 0 Å². The molecule has 0 radical (unpaired) electrons. The summed E-state index contributed by atoms with van der Waals surface area (Å²) in [7, 11) is 0. The maximum atomic E-state index is 6.25. The minimum absolute atomic E-state index is 0.104. The summed E-state index contributed by atoms with van der Waals surface area (Å²) < 4.78 is 5.89. The number of ether oxygens (including phenoxy) is 1. The van der Waals surface area contributed by atoms with Crippen molar-refractivity contribution in [3.8, 4) is 11.5 Å². The number of aryl methyl sites for hydroxylation is 1. The lowest BCUT2D eigenvalue weighted by Crippen LogP contribution is -2.21. The van der Waals surface area contributed by atoms with Crippen LogP contribution in [-0.2, 0) is 6.42 Å². The number of para-hydroxylation sites is 1. The molecule has 1 heterocycles. The van der Waals surface area contributed by atoms with Crippen molar-refractivity contribution >= 4 is 11.6 Å². The van der Waals surface area contributed by atoms with E-state index < -0.39 is 0 Å². The van der Waals surface area contributed by atoms with Crippen LogP contribution in [0.25, 0.3) is 0 Å². The average Bonchev–Trinajstić information content (AvgIpc) is 2.44. The fourth-order valence-electron chi connectivity index (χ4n) is 1.89. The predicted octanol–water partition coefficient (Wildman–Crippen LogP) is 4.12. The maximum Gasteiger partial charge on any atom is 0.149 e. The van der Waals surface area contributed by atoms with Crippen molar-refractivity contribution in [1.29, 1.82) is 0 Å². The summed E-state index contributed by atoms with van der Waals surface area (Å²) >= 11 is 6.25. The number of hydrogen-bond donors (Lipinski definition) is 1. The average molecular weight is 291 g/mol. The first-order valence-corrected chi connectivity index (χ1v) is 7.11. The van der Waals surface area contributed by atoms with E-state index >= 15 is 0 Å². The Morgan fingerprint density at radius 1 is 1.30 bits per heavy atom. The Morgan fingerprint density at radius 2 is 2.10 bits per heavy atom. The first kappa shape index (κ1) is 14.8. The molecule has 3 nitrogen and oxygen atoms in total. The summed E-state index contributed by atoms with van der Waals surface area (Å²) in [6.45, 7) is 4.00. The van der Waals surface area contributed by atoms with E-state index in [-0.39, 0.29) is 6.04 Å². The van der Waals surface area contributed by atoms with Crippen LogP contribution >= 0.6 is 11.6 Å². The highest BCUT2D eigenvalue weighted by Crippen LogP contribution is 2.33. The number of nitrogens with zero attached hydrogens (tertiary/aromatic N) is 1. The van der Waals surface area contributed by atoms with Gasteiger partial charge >= 0.3 is 0 Å². The smallest absolute Gasteiger partial charge is 0.149 e. The Hall–Kier alpha value is -1.58. The van der Waals surface area contributed by atoms with Crippen molar-refractivity contribution in [2.75, 3.05) is 0 Å². The van der Waals surface area contributed by atoms with E-state index in [4.69, 9.17) is 22.1 Å². The normalized spacial score (nSPS) is 12.2. The highest BCUT2D eigenvalue weighted by molar-refractivity contribution is 6.32. The lowest BCUT2D eigenvalue weighted by molar-refractivity contribution is 0.470. The van der Waals surface area contributed by atoms with E-state index in [2.05, 4.69) is 11.9 Å². The van der Waals surface area contributed by atoms with Crippen LogP contribution in [-0.4, -0.2) is 11.0 Å². The van der Waals surface area contributed by atoms with E-state index in [1.54, 1.807) is 6.20 Å². The molecule has 0 aliphatic rings. The first-order chi connectivity index (χ1) is 9.60. The van der Waals surface area contributed by atoms with Crippen LogP contribution < -0.4 is 10.5 Å². The Kier molecular flexibility index (Phi) is 4.99. The lowest BCUT2D eigenvalue weighted by Gasteiger charge is -2.15. The highest BCUT2D eigenvalue weighted by atomic mass is 35.5. The van der Waals surface area contributed by atoms with Gasteiger partial charge in [0, 0.05) is 11.7 Å². The molecule has 106 valence electrons. The van der Waals surface area contributed by atoms with Crippen molar-refractivity contribution in [3.63, 3.8) is 0 Å². The molecule has 0 aliphatic heterocycles. The third kappa shape index (κ3) is 3.71. The summed E-state index contributed by atoms with van der Waals surface area (Å²) in [5, 5.41) is 0.589. The van der Waals surface area contributed by atoms with Gasteiger partial charge in [0.05, 0.1) is 11.2 Å². The molecule has 0 aliphatic carbocycles. The molecule has 2 rings (SSSR count). The molecule has 4 heteroatoms. The van der Waals surface area contributed by atoms with E-state index in [1.807, 2.05) is 37.3 Å². The van der Waals surface area contributed by atoms with Crippen LogP contribution in [0.4, 0.5) is 0 Å². The Bertz CT molecular complexity index is 569. The maximum absolute atomic E-state index is 6.25. The van der Waals surface area contributed by atoms with Crippen LogP contribution in [0.15, 0.2) is 36.5 Å². The molecule has 0 saturated heterocycles. The number of nitrogens with two attached hydrogens (primary N) is 1. The Balaban J connectivity index is 2.27. The fraction of sp³-hybridized carbons (Fsp3) is 0.312. The van der Waals surface area contributed by atoms with Crippen molar-refractivity contribution < 1.29 is 4.74 Å². The number of aromatic nitrogens is 1. The third-order valence-corrected chi connectivity index (χ3v) is 3.46. The predicted molar refractivity (Wildman–Crippen MR) is 82.5 cm³/mol. The standard InChI is InChI=1S/C16H19ClN2O/c1-3-13(18)9-12-5-4-6-15(17)16(12)20-14-8-7-11(2)19-10-14/h4-8,10,13H,3,9,18H2,1-2H3. The van der Waals surface area contributed by atoms with E-state index in [0.717, 1.165) is 24.1 Å². The zero-order valence-corrected chi connectivity index (χ0v) is 12.5. The number of halogens is 1. The second-order valence-electron chi connectivity index (χ2n) is 4.84. The Morgan fingerprint density at radius 3 is 2.75 bits per heavy atom. The van der Waals surface area contributed by atoms with Crippen LogP contribution in [0.2, 0.25) is 5.02 Å². The van der Waals surface area contributed by atoms with E-state index in [9.17, 15) is 0 Å². The van der Waals surface area contributed by atoms with Gasteiger partial charge in [-0.3, -0.25) is 4.98 Å². The highest BCUT2D eigenvalue weighted by Gasteiger charge is 2.12. The van der Waals surface area contributed by atoms with E-state index in [1.165, 1.54) is 0 Å². The van der Waals surface area contributed by atoms with Crippen LogP contribution in [0.3, 0.4) is 0 Å². The minimum atomic E-state index is 0.104. The van der Waals surface area contributed by atoms with Gasteiger partial charge in [-0.1, -0.05) is 30.7 Å². The monoisotopic (exact) mass is 290 g/mol. The molecular weight excluding hydrogens is 272 g/mol. The van der Waals surface area contributed by atoms with Crippen molar-refractivity contribution in [1.82, 2.24) is 4.98 Å². The zero-order chi connectivity index (χ0) is 14.5. The molecule has 20 heavy (non-hydrogen) atoms. The summed E-state index contributed by atoms with van der Waals surface area (Å²) in [6, 6.07) is 9.63. The molecule has 0 fully saturated rings. The largest absolute Gasteiger partial charge is 0.454 e. The van der Waals surface area contributed by atoms with Gasteiger partial charge in [0.1, 0.15) is 11.5 Å². The van der Waals surface area contributed by atoms with Gasteiger partial charge in [-0.05, 0) is 43.5 Å². The molecular formula is C16H19ClN2O. The number of rotatable bonds is 5. The zero-order valence-electron chi connectivity index (χ0n) is 11.8. The van der Waals surface area contributed by atoms with E-state index in [0.29, 0.717) is 16.5 Å². The lowest BCUT2D eigenvalue weighted by atomic mass is 10.0. The minimum Gasteiger partial charge on any atom is -0.454 e. The van der Waals surface area contributed by atoms with Crippen molar-refractivity contribution in [2.45, 2.75) is 32.7 Å². The van der Waals surface area contributed by atoms with Gasteiger partial charge in [-0.2, -0.15) is 0 Å². The van der Waals surface area contributed by atoms with Crippen molar-refractivity contribution in [2.24, 2.45) is 5.73 Å². The summed E-state index contributed by atoms with van der Waals surface area (Å²) in [5.41, 5.74) is 8.00. The number of hydrogen-bond acceptors (Lipinski definition) is 3. The molecule has 1 unspecified atom stereocenters. The summed E-state index contributed by atoms with van der Waals surface area (Å²) in [4.78, 5) is 4.22. The number of pyridine rings is 1. The van der Waals surface area contributed by atoms with Gasteiger partial charge in [-0.25, -0.2) is 0 Å². The first-order valence-electron chi connectivity index (χ1n) is 6.73. The van der Waals surface area contributed by atoms with Gasteiger partial charge < -0.3 is 10.5 Å². The van der Waals surface area contributed by atoms with Gasteiger partial charge in [0.2, 0.25) is 0 Å². The third-order valence-electron chi connectivity index (χ3n) is 3.16. The van der Waals surface area contributed by atoms with Gasteiger partial charge in [0.15, 0.2) is 0 Å². The topological polar surface area (TPSA) is 48.1 Å². The molecule has 2 N–H and O–H groups in total. The molecule has 2 aromatic rings. The second-order valence-corrected chi connectivity index (χ2v) is 5.25. The van der Waals surface area contributed by atoms with Crippen LogP contribution in [0.5, 0.6) is 11.5 Å². The Labute approximate surface area is 124 Å². The van der Waals surface area contributed by atoms with Crippen LogP contribution in [0.1, 0.15) is 24.6 Å². The molecule has 0 amide bonds. The second kappa shape index (κ2) is 6.73. The molecule has 0 saturated carbocycles. The number of benzene rings is 1. The molecule has 1 aromatic heterocycles. The van der Waals surface area contributed by atoms with Crippen LogP contribution in [0, 0.1) is 6.92 Å². The van der Waals surface area contributed by atoms with Crippen molar-refractivity contribution in [3.05, 3.63) is 52.8 Å². The quantitative estimate of drug-likeness (QED) is 0.901. The molecule has 1 aromatic carbocycles. The molecule has 0 spiro atoms. The summed E-state index contributed by atoms with van der Waals surface area (Å²) in [5.74, 6) is 1.35. The van der Waals surface area contributed by atoms with Gasteiger partial charge in [0.25, 0.3) is 0 Å².